The molecule has 3 aromatic rings. The molecule has 0 aliphatic heterocycles. The fourth-order valence-corrected chi connectivity index (χ4v) is 3.10. The Hall–Kier alpha value is -2.03. The number of hydrogen-bond acceptors (Lipinski definition) is 5. The van der Waals surface area contributed by atoms with Crippen molar-refractivity contribution in [1.82, 2.24) is 25.1 Å². The summed E-state index contributed by atoms with van der Waals surface area (Å²) in [5.41, 5.74) is 3.38. The van der Waals surface area contributed by atoms with Gasteiger partial charge >= 0.3 is 0 Å². The first kappa shape index (κ1) is 18.8. The van der Waals surface area contributed by atoms with Crippen LogP contribution in [-0.2, 0) is 12.8 Å². The van der Waals surface area contributed by atoms with Crippen molar-refractivity contribution in [3.05, 3.63) is 47.4 Å². The molecule has 26 heavy (non-hydrogen) atoms. The second-order valence-electron chi connectivity index (χ2n) is 6.12. The van der Waals surface area contributed by atoms with Gasteiger partial charge in [-0.05, 0) is 37.5 Å². The maximum absolute atomic E-state index is 4.85. The highest BCUT2D eigenvalue weighted by atomic mass is 127. The topological polar surface area (TPSA) is 79.4 Å². The predicted octanol–water partition coefficient (Wildman–Crippen LogP) is 4.63. The molecule has 0 radical (unpaired) electrons. The van der Waals surface area contributed by atoms with Crippen LogP contribution < -0.4 is 5.32 Å². The van der Waals surface area contributed by atoms with E-state index in [1.165, 1.54) is 24.8 Å². The maximum Gasteiger partial charge on any atom is 0.247 e. The van der Waals surface area contributed by atoms with Gasteiger partial charge in [0.1, 0.15) is 11.6 Å². The normalized spacial score (nSPS) is 13.2. The molecular weight excluding hydrogens is 439 g/mol. The smallest absolute Gasteiger partial charge is 0.247 e. The molecule has 1 aliphatic rings. The van der Waals surface area contributed by atoms with E-state index in [1.807, 2.05) is 42.2 Å². The average molecular weight is 462 g/mol. The van der Waals surface area contributed by atoms with Gasteiger partial charge < -0.3 is 5.32 Å². The van der Waals surface area contributed by atoms with Crippen LogP contribution in [0, 0.1) is 6.92 Å². The van der Waals surface area contributed by atoms with Gasteiger partial charge in [-0.15, -0.1) is 5.10 Å². The van der Waals surface area contributed by atoms with Crippen LogP contribution in [0.5, 0.6) is 0 Å². The molecule has 2 heterocycles. The molecular formula is C19H23IN6. The number of aryl methyl sites for hydroxylation is 2. The van der Waals surface area contributed by atoms with E-state index < -0.39 is 0 Å². The predicted molar refractivity (Wildman–Crippen MR) is 113 cm³/mol. The summed E-state index contributed by atoms with van der Waals surface area (Å²) in [6, 6.07) is 10.1. The van der Waals surface area contributed by atoms with Crippen molar-refractivity contribution in [2.24, 2.45) is 0 Å². The molecule has 0 fully saturated rings. The van der Waals surface area contributed by atoms with Gasteiger partial charge in [0.25, 0.3) is 0 Å². The molecule has 0 saturated carbocycles. The van der Waals surface area contributed by atoms with E-state index in [1.54, 1.807) is 0 Å². The SMILES string of the molecule is CI.Cc1nc(Nc2nc(-c3ccccc3)nc3c2CCCCC3)n[nH]1. The number of anilines is 2. The number of nitrogens with one attached hydrogen (secondary N) is 2. The molecule has 0 amide bonds. The molecule has 4 rings (SSSR count). The minimum absolute atomic E-state index is 0.552. The molecule has 2 N–H and O–H groups in total. The number of hydrogen-bond donors (Lipinski definition) is 2. The van der Waals surface area contributed by atoms with E-state index in [0.717, 1.165) is 41.6 Å². The Morgan fingerprint density at radius 3 is 2.46 bits per heavy atom. The highest BCUT2D eigenvalue weighted by Crippen LogP contribution is 2.29. The average Bonchev–Trinajstić information content (AvgIpc) is 2.94. The van der Waals surface area contributed by atoms with Crippen molar-refractivity contribution >= 4 is 34.4 Å². The third kappa shape index (κ3) is 4.38. The first-order valence-corrected chi connectivity index (χ1v) is 10.9. The van der Waals surface area contributed by atoms with Crippen LogP contribution in [0.2, 0.25) is 0 Å². The van der Waals surface area contributed by atoms with Crippen LogP contribution in [0.3, 0.4) is 0 Å². The summed E-state index contributed by atoms with van der Waals surface area (Å²) in [6.07, 6.45) is 5.58. The Bertz CT molecular complexity index is 846. The Labute approximate surface area is 167 Å². The lowest BCUT2D eigenvalue weighted by Gasteiger charge is -2.13. The zero-order valence-electron chi connectivity index (χ0n) is 15.1. The van der Waals surface area contributed by atoms with E-state index >= 15 is 0 Å². The van der Waals surface area contributed by atoms with Crippen molar-refractivity contribution in [2.45, 2.75) is 39.0 Å². The largest absolute Gasteiger partial charge is 0.307 e. The van der Waals surface area contributed by atoms with Crippen LogP contribution in [-0.4, -0.2) is 30.1 Å². The molecule has 0 unspecified atom stereocenters. The summed E-state index contributed by atoms with van der Waals surface area (Å²) in [5.74, 6) is 2.92. The van der Waals surface area contributed by atoms with E-state index in [4.69, 9.17) is 9.97 Å². The van der Waals surface area contributed by atoms with Crippen LogP contribution in [0.15, 0.2) is 30.3 Å². The van der Waals surface area contributed by atoms with Crippen LogP contribution in [0.25, 0.3) is 11.4 Å². The Morgan fingerprint density at radius 1 is 0.962 bits per heavy atom. The minimum atomic E-state index is 0.552. The van der Waals surface area contributed by atoms with Crippen molar-refractivity contribution in [2.75, 3.05) is 10.2 Å². The number of rotatable bonds is 3. The van der Waals surface area contributed by atoms with E-state index in [2.05, 4.69) is 43.1 Å². The minimum Gasteiger partial charge on any atom is -0.307 e. The van der Waals surface area contributed by atoms with Crippen molar-refractivity contribution < 1.29 is 0 Å². The standard InChI is InChI=1S/C18H20N6.CH3I/c1-12-19-18(24-23-12)22-17-14-10-6-3-7-11-15(14)20-16(21-17)13-8-4-2-5-9-13;1-2/h2,4-5,8-9H,3,6-7,10-11H2,1H3,(H2,19,20,21,22,23,24);1H3. The monoisotopic (exact) mass is 462 g/mol. The van der Waals surface area contributed by atoms with Gasteiger partial charge in [-0.25, -0.2) is 9.97 Å². The first-order chi connectivity index (χ1) is 12.8. The highest BCUT2D eigenvalue weighted by Gasteiger charge is 2.18. The van der Waals surface area contributed by atoms with Crippen molar-refractivity contribution in [3.8, 4) is 11.4 Å². The van der Waals surface area contributed by atoms with Crippen molar-refractivity contribution in [1.29, 1.82) is 0 Å². The number of aromatic nitrogens is 5. The summed E-state index contributed by atoms with van der Waals surface area (Å²) in [6.45, 7) is 1.88. The fraction of sp³-hybridized carbons (Fsp3) is 0.368. The number of fused-ring (bicyclic) bond motifs is 1. The first-order valence-electron chi connectivity index (χ1n) is 8.78. The van der Waals surface area contributed by atoms with Gasteiger partial charge in [0.15, 0.2) is 5.82 Å². The van der Waals surface area contributed by atoms with E-state index in [9.17, 15) is 0 Å². The zero-order chi connectivity index (χ0) is 18.4. The summed E-state index contributed by atoms with van der Waals surface area (Å²) >= 11 is 2.15. The molecule has 0 spiro atoms. The van der Waals surface area contributed by atoms with Crippen LogP contribution in [0.1, 0.15) is 36.3 Å². The summed E-state index contributed by atoms with van der Waals surface area (Å²) in [7, 11) is 0. The van der Waals surface area contributed by atoms with Crippen molar-refractivity contribution in [3.63, 3.8) is 0 Å². The Balaban J connectivity index is 0.000000948. The second kappa shape index (κ2) is 9.07. The Morgan fingerprint density at radius 2 is 1.73 bits per heavy atom. The third-order valence-electron chi connectivity index (χ3n) is 4.29. The molecule has 1 aliphatic carbocycles. The molecule has 7 heteroatoms. The van der Waals surface area contributed by atoms with Gasteiger partial charge in [-0.2, -0.15) is 4.98 Å². The van der Waals surface area contributed by atoms with E-state index in [0.29, 0.717) is 5.95 Å². The number of alkyl halides is 1. The lowest BCUT2D eigenvalue weighted by atomic mass is 10.1. The summed E-state index contributed by atoms with van der Waals surface area (Å²) < 4.78 is 0. The van der Waals surface area contributed by atoms with Crippen LogP contribution in [0.4, 0.5) is 11.8 Å². The highest BCUT2D eigenvalue weighted by molar-refractivity contribution is 14.1. The fourth-order valence-electron chi connectivity index (χ4n) is 3.10. The van der Waals surface area contributed by atoms with Gasteiger partial charge in [0.05, 0.1) is 0 Å². The second-order valence-corrected chi connectivity index (χ2v) is 6.12. The summed E-state index contributed by atoms with van der Waals surface area (Å²) in [5, 5.41) is 10.3. The molecule has 6 nitrogen and oxygen atoms in total. The number of H-pyrrole nitrogens is 1. The summed E-state index contributed by atoms with van der Waals surface area (Å²) in [4.78, 5) is 16.0. The van der Waals surface area contributed by atoms with E-state index in [-0.39, 0.29) is 0 Å². The number of aromatic amines is 1. The lowest BCUT2D eigenvalue weighted by Crippen LogP contribution is -2.07. The molecule has 2 aromatic heterocycles. The van der Waals surface area contributed by atoms with Gasteiger partial charge in [-0.3, -0.25) is 5.10 Å². The molecule has 0 saturated heterocycles. The van der Waals surface area contributed by atoms with Gasteiger partial charge in [0, 0.05) is 16.8 Å². The van der Waals surface area contributed by atoms with Crippen LogP contribution >= 0.6 is 22.6 Å². The Kier molecular flexibility index (Phi) is 6.54. The zero-order valence-corrected chi connectivity index (χ0v) is 17.2. The molecule has 1 aromatic carbocycles. The lowest BCUT2D eigenvalue weighted by molar-refractivity contribution is 0.709. The maximum atomic E-state index is 4.85. The third-order valence-corrected chi connectivity index (χ3v) is 4.29. The quantitative estimate of drug-likeness (QED) is 0.337. The molecule has 0 atom stereocenters. The number of nitrogens with zero attached hydrogens (tertiary/aromatic N) is 4. The molecule has 136 valence electrons. The van der Waals surface area contributed by atoms with Gasteiger partial charge in [-0.1, -0.05) is 59.3 Å². The molecule has 0 bridgehead atoms. The number of benzene rings is 1. The van der Waals surface area contributed by atoms with Gasteiger partial charge in [0.2, 0.25) is 5.95 Å². The number of halogens is 1.